The van der Waals surface area contributed by atoms with Crippen LogP contribution in [0.4, 0.5) is 34.8 Å². The minimum atomic E-state index is -4.64. The lowest BCUT2D eigenvalue weighted by Gasteiger charge is -2.17. The van der Waals surface area contributed by atoms with Crippen LogP contribution in [-0.4, -0.2) is 4.98 Å². The molecule has 2 aromatic rings. The molecule has 3 nitrogen and oxygen atoms in total. The van der Waals surface area contributed by atoms with Gasteiger partial charge in [-0.1, -0.05) is 11.6 Å². The van der Waals surface area contributed by atoms with Gasteiger partial charge in [0.1, 0.15) is 11.6 Å². The highest BCUT2D eigenvalue weighted by molar-refractivity contribution is 14.1. The summed E-state index contributed by atoms with van der Waals surface area (Å²) >= 11 is 7.48. The van der Waals surface area contributed by atoms with Gasteiger partial charge >= 0.3 is 6.18 Å². The summed E-state index contributed by atoms with van der Waals surface area (Å²) in [7, 11) is 0. The van der Waals surface area contributed by atoms with Crippen molar-refractivity contribution < 1.29 is 17.6 Å². The third-order valence-corrected chi connectivity index (χ3v) is 3.96. The van der Waals surface area contributed by atoms with Crippen molar-refractivity contribution in [3.63, 3.8) is 0 Å². The normalized spacial score (nSPS) is 11.5. The number of nitrogens with two attached hydrogens (primary N) is 1. The zero-order chi connectivity index (χ0) is 15.8. The molecule has 0 unspecified atom stereocenters. The van der Waals surface area contributed by atoms with Crippen LogP contribution in [-0.2, 0) is 6.18 Å². The van der Waals surface area contributed by atoms with Gasteiger partial charge in [-0.05, 0) is 40.8 Å². The highest BCUT2D eigenvalue weighted by Gasteiger charge is 2.35. The van der Waals surface area contributed by atoms with Gasteiger partial charge in [0, 0.05) is 6.20 Å². The van der Waals surface area contributed by atoms with Gasteiger partial charge in [-0.2, -0.15) is 13.2 Å². The molecule has 1 aromatic heterocycles. The Balaban J connectivity index is 2.57. The summed E-state index contributed by atoms with van der Waals surface area (Å²) in [5.41, 5.74) is 4.20. The number of benzene rings is 1. The SMILES string of the molecule is Nc1ncc(C(F)(F)F)c(Nc2cc(F)ccc2Cl)c1I. The molecule has 0 amide bonds. The second-order valence-corrected chi connectivity index (χ2v) is 5.48. The Kier molecular flexibility index (Phi) is 4.47. The Morgan fingerprint density at radius 2 is 1.95 bits per heavy atom. The van der Waals surface area contributed by atoms with Crippen molar-refractivity contribution in [3.05, 3.63) is 44.4 Å². The molecule has 1 heterocycles. The molecule has 0 aliphatic rings. The first-order valence-corrected chi connectivity index (χ1v) is 6.89. The number of rotatable bonds is 2. The number of pyridine rings is 1. The molecular formula is C12H7ClF4IN3. The fourth-order valence-electron chi connectivity index (χ4n) is 1.57. The fourth-order valence-corrected chi connectivity index (χ4v) is 2.30. The fraction of sp³-hybridized carbons (Fsp3) is 0.0833. The Bertz CT molecular complexity index is 691. The van der Waals surface area contributed by atoms with Gasteiger partial charge in [-0.15, -0.1) is 0 Å². The van der Waals surface area contributed by atoms with Gasteiger partial charge in [-0.25, -0.2) is 9.37 Å². The molecule has 3 N–H and O–H groups in total. The standard InChI is InChI=1S/C12H7ClF4IN3/c13-7-2-1-5(14)3-8(7)21-10-6(12(15,16)17)4-20-11(19)9(10)18/h1-4H,(H3,19,20,21). The molecule has 0 aliphatic carbocycles. The van der Waals surface area contributed by atoms with Gasteiger partial charge in [0.25, 0.3) is 0 Å². The van der Waals surface area contributed by atoms with Crippen molar-refractivity contribution >= 4 is 51.4 Å². The van der Waals surface area contributed by atoms with Gasteiger partial charge < -0.3 is 11.1 Å². The molecule has 0 saturated heterocycles. The molecule has 0 atom stereocenters. The second kappa shape index (κ2) is 5.84. The molecule has 21 heavy (non-hydrogen) atoms. The first kappa shape index (κ1) is 16.1. The van der Waals surface area contributed by atoms with Crippen LogP contribution in [0, 0.1) is 9.39 Å². The topological polar surface area (TPSA) is 50.9 Å². The predicted molar refractivity (Wildman–Crippen MR) is 81.1 cm³/mol. The van der Waals surface area contributed by atoms with Gasteiger partial charge in [0.2, 0.25) is 0 Å². The number of nitrogens with zero attached hydrogens (tertiary/aromatic N) is 1. The maximum absolute atomic E-state index is 13.2. The van der Waals surface area contributed by atoms with E-state index in [2.05, 4.69) is 10.3 Å². The number of hydrogen-bond donors (Lipinski definition) is 2. The third kappa shape index (κ3) is 3.49. The Morgan fingerprint density at radius 1 is 1.29 bits per heavy atom. The van der Waals surface area contributed by atoms with Crippen LogP contribution in [0.15, 0.2) is 24.4 Å². The number of nitrogen functional groups attached to an aromatic ring is 1. The molecule has 2 rings (SSSR count). The Labute approximate surface area is 135 Å². The molecule has 0 spiro atoms. The highest BCUT2D eigenvalue weighted by Crippen LogP contribution is 2.40. The summed E-state index contributed by atoms with van der Waals surface area (Å²) in [5.74, 6) is -0.703. The average molecular weight is 432 g/mol. The number of alkyl halides is 3. The summed E-state index contributed by atoms with van der Waals surface area (Å²) < 4.78 is 52.3. The van der Waals surface area contributed by atoms with E-state index in [1.807, 2.05) is 0 Å². The van der Waals surface area contributed by atoms with Crippen LogP contribution in [0.2, 0.25) is 5.02 Å². The number of nitrogens with one attached hydrogen (secondary N) is 1. The summed E-state index contributed by atoms with van der Waals surface area (Å²) in [5, 5.41) is 2.56. The molecule has 0 saturated carbocycles. The van der Waals surface area contributed by atoms with Crippen LogP contribution in [0.3, 0.4) is 0 Å². The molecule has 112 valence electrons. The van der Waals surface area contributed by atoms with Crippen molar-refractivity contribution in [3.8, 4) is 0 Å². The van der Waals surface area contributed by atoms with E-state index in [0.29, 0.717) is 6.20 Å². The zero-order valence-corrected chi connectivity index (χ0v) is 13.0. The zero-order valence-electron chi connectivity index (χ0n) is 10.1. The van der Waals surface area contributed by atoms with E-state index in [0.717, 1.165) is 12.1 Å². The van der Waals surface area contributed by atoms with E-state index >= 15 is 0 Å². The molecular weight excluding hydrogens is 425 g/mol. The predicted octanol–water partition coefficient (Wildman–Crippen LogP) is 4.82. The molecule has 0 fully saturated rings. The van der Waals surface area contributed by atoms with E-state index in [-0.39, 0.29) is 25.8 Å². The van der Waals surface area contributed by atoms with Crippen LogP contribution in [0.5, 0.6) is 0 Å². The largest absolute Gasteiger partial charge is 0.419 e. The Morgan fingerprint density at radius 3 is 2.57 bits per heavy atom. The van der Waals surface area contributed by atoms with Crippen molar-refractivity contribution in [2.24, 2.45) is 0 Å². The van der Waals surface area contributed by atoms with Gasteiger partial charge in [0.05, 0.1) is 25.5 Å². The van der Waals surface area contributed by atoms with Crippen molar-refractivity contribution in [2.45, 2.75) is 6.18 Å². The monoisotopic (exact) mass is 431 g/mol. The third-order valence-electron chi connectivity index (χ3n) is 2.54. The molecule has 0 radical (unpaired) electrons. The minimum absolute atomic E-state index is 0.00526. The summed E-state index contributed by atoms with van der Waals surface area (Å²) in [6, 6.07) is 3.34. The quantitative estimate of drug-likeness (QED) is 0.529. The molecule has 9 heteroatoms. The maximum Gasteiger partial charge on any atom is 0.419 e. The van der Waals surface area contributed by atoms with Gasteiger partial charge in [0.15, 0.2) is 0 Å². The summed E-state index contributed by atoms with van der Waals surface area (Å²) in [6.07, 6.45) is -4.02. The van der Waals surface area contributed by atoms with Crippen molar-refractivity contribution in [2.75, 3.05) is 11.1 Å². The van der Waals surface area contributed by atoms with E-state index in [4.69, 9.17) is 17.3 Å². The smallest absolute Gasteiger partial charge is 0.383 e. The number of aromatic nitrogens is 1. The van der Waals surface area contributed by atoms with Crippen LogP contribution >= 0.6 is 34.2 Å². The minimum Gasteiger partial charge on any atom is -0.383 e. The summed E-state index contributed by atoms with van der Waals surface area (Å²) in [4.78, 5) is 3.49. The molecule has 0 bridgehead atoms. The second-order valence-electron chi connectivity index (χ2n) is 3.99. The van der Waals surface area contributed by atoms with E-state index in [1.54, 1.807) is 22.6 Å². The lowest BCUT2D eigenvalue weighted by atomic mass is 10.2. The van der Waals surface area contributed by atoms with Gasteiger partial charge in [-0.3, -0.25) is 0 Å². The lowest BCUT2D eigenvalue weighted by molar-refractivity contribution is -0.137. The molecule has 1 aromatic carbocycles. The van der Waals surface area contributed by atoms with E-state index in [9.17, 15) is 17.6 Å². The first-order chi connectivity index (χ1) is 9.70. The van der Waals surface area contributed by atoms with Crippen LogP contribution in [0.25, 0.3) is 0 Å². The van der Waals surface area contributed by atoms with E-state index < -0.39 is 17.6 Å². The average Bonchev–Trinajstić information content (AvgIpc) is 2.38. The van der Waals surface area contributed by atoms with Crippen LogP contribution < -0.4 is 11.1 Å². The van der Waals surface area contributed by atoms with E-state index in [1.165, 1.54) is 6.07 Å². The number of hydrogen-bond acceptors (Lipinski definition) is 3. The summed E-state index contributed by atoms with van der Waals surface area (Å²) in [6.45, 7) is 0. The van der Waals surface area contributed by atoms with Crippen LogP contribution in [0.1, 0.15) is 5.56 Å². The Hall–Kier alpha value is -1.29. The van der Waals surface area contributed by atoms with Crippen molar-refractivity contribution in [1.29, 1.82) is 0 Å². The highest BCUT2D eigenvalue weighted by atomic mass is 127. The first-order valence-electron chi connectivity index (χ1n) is 5.43. The lowest BCUT2D eigenvalue weighted by Crippen LogP contribution is -2.12. The number of anilines is 3. The number of halogens is 6. The maximum atomic E-state index is 13.2. The van der Waals surface area contributed by atoms with Crippen molar-refractivity contribution in [1.82, 2.24) is 4.98 Å². The molecule has 0 aliphatic heterocycles.